The van der Waals surface area contributed by atoms with Crippen LogP contribution >= 0.6 is 0 Å². The smallest absolute Gasteiger partial charge is 0.269 e. The number of phenols is 1. The van der Waals surface area contributed by atoms with E-state index in [0.717, 1.165) is 4.31 Å². The van der Waals surface area contributed by atoms with Crippen molar-refractivity contribution in [2.45, 2.75) is 31.2 Å². The van der Waals surface area contributed by atoms with Gasteiger partial charge in [0.15, 0.2) is 0 Å². The summed E-state index contributed by atoms with van der Waals surface area (Å²) in [6.07, 6.45) is 0.444. The van der Waals surface area contributed by atoms with E-state index in [2.05, 4.69) is 10.6 Å². The number of benzene rings is 2. The van der Waals surface area contributed by atoms with Crippen molar-refractivity contribution in [3.63, 3.8) is 0 Å². The Morgan fingerprint density at radius 1 is 1.00 bits per heavy atom. The second-order valence-corrected chi connectivity index (χ2v) is 9.11. The Kier molecular flexibility index (Phi) is 6.30. The molecule has 164 valence electrons. The van der Waals surface area contributed by atoms with Gasteiger partial charge in [-0.25, -0.2) is 12.7 Å². The monoisotopic (exact) mass is 445 g/mol. The maximum Gasteiger partial charge on any atom is 0.269 e. The topological polar surface area (TPSA) is 133 Å². The molecule has 1 aliphatic rings. The molecule has 0 saturated heterocycles. The lowest BCUT2D eigenvalue weighted by molar-refractivity contribution is 0.0844. The number of aromatic hydroxyl groups is 1. The Morgan fingerprint density at radius 3 is 2.19 bits per heavy atom. The van der Waals surface area contributed by atoms with Crippen LogP contribution < -0.4 is 10.6 Å². The summed E-state index contributed by atoms with van der Waals surface area (Å²) >= 11 is 0. The molecule has 0 saturated carbocycles. The van der Waals surface area contributed by atoms with Crippen molar-refractivity contribution >= 4 is 27.7 Å². The van der Waals surface area contributed by atoms with Crippen LogP contribution in [-0.4, -0.2) is 54.7 Å². The second-order valence-electron chi connectivity index (χ2n) is 7.33. The molecule has 1 aliphatic heterocycles. The van der Waals surface area contributed by atoms with E-state index in [1.165, 1.54) is 30.3 Å². The Morgan fingerprint density at radius 2 is 1.61 bits per heavy atom. The average Bonchev–Trinajstić information content (AvgIpc) is 2.92. The van der Waals surface area contributed by atoms with Crippen LogP contribution in [0.4, 0.5) is 0 Å². The highest BCUT2D eigenvalue weighted by Crippen LogP contribution is 2.32. The third kappa shape index (κ3) is 4.53. The first-order chi connectivity index (χ1) is 14.6. The predicted molar refractivity (Wildman–Crippen MR) is 112 cm³/mol. The third-order valence-corrected chi connectivity index (χ3v) is 6.71. The molecular weight excluding hydrogens is 422 g/mol. The van der Waals surface area contributed by atoms with E-state index >= 15 is 0 Å². The van der Waals surface area contributed by atoms with Crippen molar-refractivity contribution in [2.75, 3.05) is 13.1 Å². The Bertz CT molecular complexity index is 1140. The molecule has 3 amide bonds. The van der Waals surface area contributed by atoms with Crippen molar-refractivity contribution in [3.05, 3.63) is 59.2 Å². The zero-order chi connectivity index (χ0) is 22.8. The maximum absolute atomic E-state index is 12.6. The molecule has 0 spiro atoms. The molecule has 0 aromatic heterocycles. The van der Waals surface area contributed by atoms with Gasteiger partial charge in [0.05, 0.1) is 5.56 Å². The van der Waals surface area contributed by atoms with Crippen LogP contribution in [0.2, 0.25) is 0 Å². The van der Waals surface area contributed by atoms with Gasteiger partial charge in [-0.05, 0) is 56.7 Å². The summed E-state index contributed by atoms with van der Waals surface area (Å²) in [5.74, 6) is -1.42. The Hall–Kier alpha value is -3.40. The fourth-order valence-electron chi connectivity index (χ4n) is 3.24. The highest BCUT2D eigenvalue weighted by atomic mass is 32.2. The standard InChI is InChI=1S/C21H23N3O6S/c1-13(2)24-21(28)17-8-7-15(12-18(17)31(24,29)30)20(27)23-10-4-9-22-19(26)14-5-3-6-16(25)11-14/h3,5-8,11-13,25H,4,9-10H2,1-2H3,(H,22,26)(H,23,27). The quantitative estimate of drug-likeness (QED) is 0.553. The molecule has 0 fully saturated rings. The van der Waals surface area contributed by atoms with Crippen LogP contribution in [0.5, 0.6) is 5.75 Å². The number of phenolic OH excluding ortho intramolecular Hbond substituents is 1. The molecule has 2 aromatic carbocycles. The lowest BCUT2D eigenvalue weighted by Gasteiger charge is -2.18. The second kappa shape index (κ2) is 8.76. The number of rotatable bonds is 7. The van der Waals surface area contributed by atoms with Gasteiger partial charge >= 0.3 is 0 Å². The molecule has 10 heteroatoms. The first-order valence-corrected chi connectivity index (χ1v) is 11.1. The highest BCUT2D eigenvalue weighted by Gasteiger charge is 2.42. The van der Waals surface area contributed by atoms with Gasteiger partial charge in [0.25, 0.3) is 27.7 Å². The summed E-state index contributed by atoms with van der Waals surface area (Å²) in [5.41, 5.74) is 0.512. The third-order valence-electron chi connectivity index (χ3n) is 4.71. The number of nitrogens with zero attached hydrogens (tertiary/aromatic N) is 1. The first-order valence-electron chi connectivity index (χ1n) is 9.71. The van der Waals surface area contributed by atoms with Crippen molar-refractivity contribution in [3.8, 4) is 5.75 Å². The van der Waals surface area contributed by atoms with Gasteiger partial charge in [0, 0.05) is 30.3 Å². The minimum absolute atomic E-state index is 0.00510. The number of carbonyl (C=O) groups excluding carboxylic acids is 3. The summed E-state index contributed by atoms with van der Waals surface area (Å²) in [7, 11) is -3.98. The number of hydrogen-bond donors (Lipinski definition) is 3. The molecule has 2 aromatic rings. The fraction of sp³-hybridized carbons (Fsp3) is 0.286. The molecule has 9 nitrogen and oxygen atoms in total. The molecule has 0 atom stereocenters. The van der Waals surface area contributed by atoms with Gasteiger partial charge in [-0.3, -0.25) is 14.4 Å². The van der Waals surface area contributed by atoms with Crippen LogP contribution in [0.1, 0.15) is 51.3 Å². The number of hydrogen-bond acceptors (Lipinski definition) is 6. The van der Waals surface area contributed by atoms with Crippen LogP contribution in [-0.2, 0) is 10.0 Å². The van der Waals surface area contributed by atoms with E-state index in [-0.39, 0.29) is 34.2 Å². The van der Waals surface area contributed by atoms with Crippen LogP contribution in [0.25, 0.3) is 0 Å². The lowest BCUT2D eigenvalue weighted by atomic mass is 10.1. The number of amides is 3. The average molecular weight is 445 g/mol. The van der Waals surface area contributed by atoms with Gasteiger partial charge in [0.2, 0.25) is 0 Å². The normalized spacial score (nSPS) is 14.4. The van der Waals surface area contributed by atoms with Gasteiger partial charge in [-0.2, -0.15) is 0 Å². The summed E-state index contributed by atoms with van der Waals surface area (Å²) in [6, 6.07) is 9.40. The van der Waals surface area contributed by atoms with E-state index in [4.69, 9.17) is 0 Å². The van der Waals surface area contributed by atoms with Crippen molar-refractivity contribution in [1.82, 2.24) is 14.9 Å². The van der Waals surface area contributed by atoms with E-state index < -0.39 is 27.9 Å². The molecule has 0 unspecified atom stereocenters. The Balaban J connectivity index is 1.55. The van der Waals surface area contributed by atoms with Crippen molar-refractivity contribution in [1.29, 1.82) is 0 Å². The molecule has 31 heavy (non-hydrogen) atoms. The molecule has 0 radical (unpaired) electrons. The molecule has 3 N–H and O–H groups in total. The lowest BCUT2D eigenvalue weighted by Crippen LogP contribution is -2.36. The molecule has 0 aliphatic carbocycles. The van der Waals surface area contributed by atoms with E-state index in [0.29, 0.717) is 18.5 Å². The van der Waals surface area contributed by atoms with Crippen LogP contribution in [0.15, 0.2) is 47.4 Å². The first kappa shape index (κ1) is 22.3. The number of fused-ring (bicyclic) bond motifs is 1. The summed E-state index contributed by atoms with van der Waals surface area (Å²) in [6.45, 7) is 3.76. The Labute approximate surface area is 180 Å². The zero-order valence-electron chi connectivity index (χ0n) is 17.1. The van der Waals surface area contributed by atoms with Gasteiger partial charge < -0.3 is 15.7 Å². The van der Waals surface area contributed by atoms with Crippen molar-refractivity contribution < 1.29 is 27.9 Å². The summed E-state index contributed by atoms with van der Waals surface area (Å²) in [4.78, 5) is 36.6. The summed E-state index contributed by atoms with van der Waals surface area (Å²) < 4.78 is 26.1. The predicted octanol–water partition coefficient (Wildman–Crippen LogP) is 1.49. The van der Waals surface area contributed by atoms with E-state index in [1.54, 1.807) is 26.0 Å². The fourth-order valence-corrected chi connectivity index (χ4v) is 5.04. The number of carbonyl (C=O) groups is 3. The minimum atomic E-state index is -3.98. The zero-order valence-corrected chi connectivity index (χ0v) is 17.9. The van der Waals surface area contributed by atoms with E-state index in [1.807, 2.05) is 0 Å². The minimum Gasteiger partial charge on any atom is -0.508 e. The van der Waals surface area contributed by atoms with Crippen LogP contribution in [0, 0.1) is 0 Å². The van der Waals surface area contributed by atoms with Crippen LogP contribution in [0.3, 0.4) is 0 Å². The molecule has 3 rings (SSSR count). The van der Waals surface area contributed by atoms with Gasteiger partial charge in [-0.15, -0.1) is 0 Å². The SMILES string of the molecule is CC(C)N1C(=O)c2ccc(C(=O)NCCCNC(=O)c3cccc(O)c3)cc2S1(=O)=O. The summed E-state index contributed by atoms with van der Waals surface area (Å²) in [5, 5.41) is 14.7. The number of sulfonamides is 1. The number of nitrogens with one attached hydrogen (secondary N) is 2. The molecular formula is C21H23N3O6S. The maximum atomic E-state index is 12.6. The molecule has 0 bridgehead atoms. The van der Waals surface area contributed by atoms with E-state index in [9.17, 15) is 27.9 Å². The molecule has 1 heterocycles. The largest absolute Gasteiger partial charge is 0.508 e. The van der Waals surface area contributed by atoms with Crippen molar-refractivity contribution in [2.24, 2.45) is 0 Å². The van der Waals surface area contributed by atoms with Gasteiger partial charge in [0.1, 0.15) is 10.6 Å². The highest BCUT2D eigenvalue weighted by molar-refractivity contribution is 7.90. The van der Waals surface area contributed by atoms with Gasteiger partial charge in [-0.1, -0.05) is 6.07 Å².